The van der Waals surface area contributed by atoms with E-state index < -0.39 is 0 Å². The number of amides is 1. The van der Waals surface area contributed by atoms with E-state index in [0.717, 1.165) is 4.47 Å². The lowest BCUT2D eigenvalue weighted by Gasteiger charge is -2.09. The number of nitrogens with zero attached hydrogens (tertiary/aromatic N) is 1. The first-order chi connectivity index (χ1) is 8.08. The van der Waals surface area contributed by atoms with Crippen LogP contribution in [0.5, 0.6) is 5.75 Å². The number of nitrogens with one attached hydrogen (secondary N) is 1. The van der Waals surface area contributed by atoms with Gasteiger partial charge in [-0.15, -0.1) is 0 Å². The SMILES string of the molecule is COc1cc(Br)ccc1C(=O)NC/C(N)=N/O. The molecule has 0 aliphatic carbocycles. The zero-order chi connectivity index (χ0) is 12.8. The first-order valence-electron chi connectivity index (χ1n) is 4.66. The predicted octanol–water partition coefficient (Wildman–Crippen LogP) is 0.934. The maximum atomic E-state index is 11.8. The molecule has 0 saturated carbocycles. The molecule has 6 nitrogen and oxygen atoms in total. The monoisotopic (exact) mass is 301 g/mol. The highest BCUT2D eigenvalue weighted by Crippen LogP contribution is 2.23. The van der Waals surface area contributed by atoms with E-state index in [9.17, 15) is 4.79 Å². The maximum Gasteiger partial charge on any atom is 0.255 e. The highest BCUT2D eigenvalue weighted by molar-refractivity contribution is 9.10. The van der Waals surface area contributed by atoms with Crippen LogP contribution in [-0.4, -0.2) is 30.6 Å². The Bertz CT molecular complexity index is 448. The molecule has 7 heteroatoms. The van der Waals surface area contributed by atoms with E-state index in [0.29, 0.717) is 11.3 Å². The maximum absolute atomic E-state index is 11.8. The molecule has 1 rings (SSSR count). The minimum absolute atomic E-state index is 0.0332. The van der Waals surface area contributed by atoms with Crippen LogP contribution in [0.2, 0.25) is 0 Å². The molecule has 4 N–H and O–H groups in total. The lowest BCUT2D eigenvalue weighted by atomic mass is 10.2. The van der Waals surface area contributed by atoms with E-state index in [1.54, 1.807) is 18.2 Å². The zero-order valence-electron chi connectivity index (χ0n) is 9.11. The molecule has 0 aliphatic rings. The van der Waals surface area contributed by atoms with Crippen molar-refractivity contribution in [3.8, 4) is 5.75 Å². The number of oxime groups is 1. The van der Waals surface area contributed by atoms with Gasteiger partial charge in [-0.05, 0) is 18.2 Å². The summed E-state index contributed by atoms with van der Waals surface area (Å²) in [5.74, 6) is 0.00626. The van der Waals surface area contributed by atoms with Gasteiger partial charge in [-0.2, -0.15) is 0 Å². The molecule has 1 aromatic rings. The Hall–Kier alpha value is -1.76. The Balaban J connectivity index is 2.82. The van der Waals surface area contributed by atoms with Crippen LogP contribution in [0.15, 0.2) is 27.8 Å². The fourth-order valence-electron chi connectivity index (χ4n) is 1.15. The normalized spacial score (nSPS) is 11.1. The van der Waals surface area contributed by atoms with Crippen LogP contribution in [0.25, 0.3) is 0 Å². The first kappa shape index (κ1) is 13.3. The molecule has 0 fully saturated rings. The first-order valence-corrected chi connectivity index (χ1v) is 5.46. The fraction of sp³-hybridized carbons (Fsp3) is 0.200. The van der Waals surface area contributed by atoms with Crippen LogP contribution < -0.4 is 15.8 Å². The van der Waals surface area contributed by atoms with Crippen LogP contribution in [-0.2, 0) is 0 Å². The molecule has 0 bridgehead atoms. The number of nitrogens with two attached hydrogens (primary N) is 1. The summed E-state index contributed by atoms with van der Waals surface area (Å²) in [7, 11) is 1.47. The van der Waals surface area contributed by atoms with Gasteiger partial charge in [0, 0.05) is 4.47 Å². The van der Waals surface area contributed by atoms with Gasteiger partial charge >= 0.3 is 0 Å². The summed E-state index contributed by atoms with van der Waals surface area (Å²) in [6.07, 6.45) is 0. The second-order valence-electron chi connectivity index (χ2n) is 3.12. The van der Waals surface area contributed by atoms with Crippen LogP contribution >= 0.6 is 15.9 Å². The average Bonchev–Trinajstić information content (AvgIpc) is 2.35. The molecule has 1 amide bonds. The smallest absolute Gasteiger partial charge is 0.255 e. The van der Waals surface area contributed by atoms with Crippen LogP contribution in [0.3, 0.4) is 0 Å². The number of halogens is 1. The van der Waals surface area contributed by atoms with Crippen LogP contribution in [0, 0.1) is 0 Å². The quantitative estimate of drug-likeness (QED) is 0.334. The summed E-state index contributed by atoms with van der Waals surface area (Å²) in [4.78, 5) is 11.8. The van der Waals surface area contributed by atoms with Gasteiger partial charge in [0.2, 0.25) is 0 Å². The highest BCUT2D eigenvalue weighted by Gasteiger charge is 2.12. The molecular weight excluding hydrogens is 290 g/mol. The van der Waals surface area contributed by atoms with E-state index in [2.05, 4.69) is 26.4 Å². The van der Waals surface area contributed by atoms with Crippen molar-refractivity contribution in [2.45, 2.75) is 0 Å². The van der Waals surface area contributed by atoms with Gasteiger partial charge in [-0.25, -0.2) is 0 Å². The number of benzene rings is 1. The molecule has 0 spiro atoms. The number of methoxy groups -OCH3 is 1. The van der Waals surface area contributed by atoms with Crippen LogP contribution in [0.4, 0.5) is 0 Å². The molecule has 1 aromatic carbocycles. The number of rotatable bonds is 4. The topological polar surface area (TPSA) is 96.9 Å². The van der Waals surface area contributed by atoms with Gasteiger partial charge in [0.1, 0.15) is 5.75 Å². The molecule has 92 valence electrons. The third kappa shape index (κ3) is 3.63. The second kappa shape index (κ2) is 6.09. The molecule has 0 heterocycles. The van der Waals surface area contributed by atoms with Gasteiger partial charge in [0.15, 0.2) is 5.84 Å². The summed E-state index contributed by atoms with van der Waals surface area (Å²) in [6, 6.07) is 5.02. The van der Waals surface area contributed by atoms with Crippen molar-refractivity contribution in [3.05, 3.63) is 28.2 Å². The van der Waals surface area contributed by atoms with Crippen molar-refractivity contribution >= 4 is 27.7 Å². The average molecular weight is 302 g/mol. The number of hydrogen-bond donors (Lipinski definition) is 3. The Morgan fingerprint density at radius 1 is 1.65 bits per heavy atom. The van der Waals surface area contributed by atoms with Gasteiger partial charge < -0.3 is 21.0 Å². The molecule has 0 saturated heterocycles. The van der Waals surface area contributed by atoms with Crippen molar-refractivity contribution < 1.29 is 14.7 Å². The molecule has 0 radical (unpaired) electrons. The van der Waals surface area contributed by atoms with Gasteiger partial charge in [0.25, 0.3) is 5.91 Å². The van der Waals surface area contributed by atoms with Crippen molar-refractivity contribution in [2.24, 2.45) is 10.9 Å². The predicted molar refractivity (Wildman–Crippen MR) is 66.4 cm³/mol. The van der Waals surface area contributed by atoms with Gasteiger partial charge in [-0.3, -0.25) is 4.79 Å². The van der Waals surface area contributed by atoms with Crippen molar-refractivity contribution in [1.82, 2.24) is 5.32 Å². The number of hydrogen-bond acceptors (Lipinski definition) is 4. The number of carbonyl (C=O) groups excluding carboxylic acids is 1. The lowest BCUT2D eigenvalue weighted by Crippen LogP contribution is -2.33. The zero-order valence-corrected chi connectivity index (χ0v) is 10.7. The third-order valence-corrected chi connectivity index (χ3v) is 2.46. The van der Waals surface area contributed by atoms with E-state index in [1.807, 2.05) is 0 Å². The van der Waals surface area contributed by atoms with Gasteiger partial charge in [0.05, 0.1) is 19.2 Å². The van der Waals surface area contributed by atoms with Gasteiger partial charge in [-0.1, -0.05) is 21.1 Å². The molecular formula is C10H12BrN3O3. The minimum atomic E-state index is -0.360. The Morgan fingerprint density at radius 2 is 2.35 bits per heavy atom. The highest BCUT2D eigenvalue weighted by atomic mass is 79.9. The summed E-state index contributed by atoms with van der Waals surface area (Å²) >= 11 is 3.28. The Labute approximate surface area is 107 Å². The molecule has 0 aliphatic heterocycles. The van der Waals surface area contributed by atoms with Crippen LogP contribution in [0.1, 0.15) is 10.4 Å². The summed E-state index contributed by atoms with van der Waals surface area (Å²) in [5.41, 5.74) is 5.62. The summed E-state index contributed by atoms with van der Waals surface area (Å²) in [5, 5.41) is 13.6. The Morgan fingerprint density at radius 3 is 2.94 bits per heavy atom. The second-order valence-corrected chi connectivity index (χ2v) is 4.03. The molecule has 0 atom stereocenters. The van der Waals surface area contributed by atoms with E-state index >= 15 is 0 Å². The van der Waals surface area contributed by atoms with Crippen molar-refractivity contribution in [1.29, 1.82) is 0 Å². The molecule has 17 heavy (non-hydrogen) atoms. The number of amidine groups is 1. The lowest BCUT2D eigenvalue weighted by molar-refractivity contribution is 0.0956. The Kier molecular flexibility index (Phi) is 4.77. The summed E-state index contributed by atoms with van der Waals surface area (Å²) < 4.78 is 5.89. The molecule has 0 unspecified atom stereocenters. The number of ether oxygens (including phenoxy) is 1. The van der Waals surface area contributed by atoms with E-state index in [1.165, 1.54) is 7.11 Å². The standard InChI is InChI=1S/C10H12BrN3O3/c1-17-8-4-6(11)2-3-7(8)10(15)13-5-9(12)14-16/h2-4,16H,5H2,1H3,(H2,12,14)(H,13,15). The van der Waals surface area contributed by atoms with Crippen molar-refractivity contribution in [3.63, 3.8) is 0 Å². The third-order valence-electron chi connectivity index (χ3n) is 1.97. The van der Waals surface area contributed by atoms with E-state index in [-0.39, 0.29) is 18.3 Å². The number of carbonyl (C=O) groups is 1. The summed E-state index contributed by atoms with van der Waals surface area (Å²) in [6.45, 7) is -0.0332. The molecule has 0 aromatic heterocycles. The largest absolute Gasteiger partial charge is 0.496 e. The fourth-order valence-corrected chi connectivity index (χ4v) is 1.49. The minimum Gasteiger partial charge on any atom is -0.496 e. The van der Waals surface area contributed by atoms with E-state index in [4.69, 9.17) is 15.7 Å². The van der Waals surface area contributed by atoms with Crippen molar-refractivity contribution in [2.75, 3.05) is 13.7 Å².